The molecule has 1 rings (SSSR count). The van der Waals surface area contributed by atoms with Gasteiger partial charge in [0.2, 0.25) is 5.88 Å². The second-order valence-electron chi connectivity index (χ2n) is 5.12. The minimum atomic E-state index is -0.0153. The Morgan fingerprint density at radius 3 is 2.40 bits per heavy atom. The van der Waals surface area contributed by atoms with Crippen LogP contribution in [0.1, 0.15) is 62.3 Å². The summed E-state index contributed by atoms with van der Waals surface area (Å²) < 4.78 is 5.65. The maximum absolute atomic E-state index is 7.64. The molecule has 112 valence electrons. The molecule has 0 fully saturated rings. The van der Waals surface area contributed by atoms with Gasteiger partial charge in [-0.1, -0.05) is 39.0 Å². The van der Waals surface area contributed by atoms with Crippen LogP contribution >= 0.6 is 0 Å². The van der Waals surface area contributed by atoms with Gasteiger partial charge >= 0.3 is 0 Å². The molecule has 0 radical (unpaired) electrons. The molecule has 0 saturated carbocycles. The van der Waals surface area contributed by atoms with Crippen molar-refractivity contribution in [3.8, 4) is 5.88 Å². The Balaban J connectivity index is 2.48. The van der Waals surface area contributed by atoms with Crippen LogP contribution in [0.2, 0.25) is 0 Å². The van der Waals surface area contributed by atoms with Crippen molar-refractivity contribution in [2.75, 3.05) is 6.61 Å². The van der Waals surface area contributed by atoms with Crippen LogP contribution in [-0.2, 0) is 0 Å². The first-order chi connectivity index (χ1) is 9.57. The van der Waals surface area contributed by atoms with Crippen LogP contribution in [-0.4, -0.2) is 22.6 Å². The third-order valence-electron chi connectivity index (χ3n) is 3.43. The first kappa shape index (κ1) is 16.4. The number of unbranched alkanes of at least 4 members (excludes halogenated alkanes) is 5. The Labute approximate surface area is 121 Å². The summed E-state index contributed by atoms with van der Waals surface area (Å²) in [6.45, 7) is 6.55. The van der Waals surface area contributed by atoms with Crippen molar-refractivity contribution in [1.29, 1.82) is 5.41 Å². The van der Waals surface area contributed by atoms with E-state index in [4.69, 9.17) is 15.9 Å². The third kappa shape index (κ3) is 4.79. The highest BCUT2D eigenvalue weighted by Gasteiger charge is 2.14. The zero-order valence-corrected chi connectivity index (χ0v) is 12.8. The summed E-state index contributed by atoms with van der Waals surface area (Å²) in [7, 11) is 0. The average Bonchev–Trinajstić information content (AvgIpc) is 2.41. The summed E-state index contributed by atoms with van der Waals surface area (Å²) in [6.07, 6.45) is 7.26. The van der Waals surface area contributed by atoms with Crippen LogP contribution in [0, 0.1) is 19.3 Å². The molecule has 0 amide bonds. The Bertz CT molecular complexity index is 446. The zero-order valence-electron chi connectivity index (χ0n) is 12.8. The lowest BCUT2D eigenvalue weighted by atomic mass is 10.1. The molecule has 0 unspecified atom stereocenters. The fourth-order valence-corrected chi connectivity index (χ4v) is 2.06. The standard InChI is InChI=1S/C15H26N4O/c1-4-5-6-7-8-9-10-20-15-13(14(16)17)11(2)12(3)18-19-15/h4-10H2,1-3H3,(H3,16,17). The topological polar surface area (TPSA) is 84.9 Å². The van der Waals surface area contributed by atoms with Gasteiger partial charge in [-0.15, -0.1) is 5.10 Å². The lowest BCUT2D eigenvalue weighted by Gasteiger charge is -2.12. The molecular formula is C15H26N4O. The Morgan fingerprint density at radius 1 is 1.10 bits per heavy atom. The van der Waals surface area contributed by atoms with Crippen molar-refractivity contribution >= 4 is 5.84 Å². The van der Waals surface area contributed by atoms with Crippen molar-refractivity contribution in [1.82, 2.24) is 10.2 Å². The summed E-state index contributed by atoms with van der Waals surface area (Å²) >= 11 is 0. The largest absolute Gasteiger partial charge is 0.476 e. The van der Waals surface area contributed by atoms with Crippen molar-refractivity contribution < 1.29 is 4.74 Å². The highest BCUT2D eigenvalue weighted by Crippen LogP contribution is 2.20. The number of nitrogens with two attached hydrogens (primary N) is 1. The number of hydrogen-bond acceptors (Lipinski definition) is 4. The molecular weight excluding hydrogens is 252 g/mol. The molecule has 0 aliphatic heterocycles. The highest BCUT2D eigenvalue weighted by atomic mass is 16.5. The molecule has 0 aliphatic rings. The minimum absolute atomic E-state index is 0.0153. The molecule has 0 bridgehead atoms. The molecule has 3 N–H and O–H groups in total. The molecule has 0 saturated heterocycles. The van der Waals surface area contributed by atoms with E-state index in [0.717, 1.165) is 24.1 Å². The van der Waals surface area contributed by atoms with Crippen molar-refractivity contribution in [2.45, 2.75) is 59.3 Å². The first-order valence-electron chi connectivity index (χ1n) is 7.39. The molecule has 0 atom stereocenters. The van der Waals surface area contributed by atoms with E-state index in [-0.39, 0.29) is 5.84 Å². The van der Waals surface area contributed by atoms with Gasteiger partial charge in [0.15, 0.2) is 0 Å². The Kier molecular flexibility index (Phi) is 6.98. The van der Waals surface area contributed by atoms with E-state index in [1.54, 1.807) is 0 Å². The second kappa shape index (κ2) is 8.51. The number of rotatable bonds is 9. The summed E-state index contributed by atoms with van der Waals surface area (Å²) in [5.74, 6) is 0.368. The summed E-state index contributed by atoms with van der Waals surface area (Å²) in [5, 5.41) is 15.7. The van der Waals surface area contributed by atoms with Gasteiger partial charge in [-0.2, -0.15) is 5.10 Å². The monoisotopic (exact) mass is 278 g/mol. The summed E-state index contributed by atoms with van der Waals surface area (Å²) in [5.41, 5.74) is 7.82. The van der Waals surface area contributed by atoms with E-state index >= 15 is 0 Å². The smallest absolute Gasteiger partial charge is 0.244 e. The van der Waals surface area contributed by atoms with Crippen molar-refractivity contribution in [3.63, 3.8) is 0 Å². The SMILES string of the molecule is CCCCCCCCOc1nnc(C)c(C)c1C(=N)N. The predicted molar refractivity (Wildman–Crippen MR) is 81.4 cm³/mol. The van der Waals surface area contributed by atoms with Crippen LogP contribution in [0.3, 0.4) is 0 Å². The third-order valence-corrected chi connectivity index (χ3v) is 3.43. The van der Waals surface area contributed by atoms with Crippen molar-refractivity contribution in [2.24, 2.45) is 5.73 Å². The van der Waals surface area contributed by atoms with Crippen LogP contribution < -0.4 is 10.5 Å². The lowest BCUT2D eigenvalue weighted by Crippen LogP contribution is -2.18. The lowest BCUT2D eigenvalue weighted by molar-refractivity contribution is 0.288. The van der Waals surface area contributed by atoms with Gasteiger partial charge in [0, 0.05) is 0 Å². The van der Waals surface area contributed by atoms with Crippen molar-refractivity contribution in [3.05, 3.63) is 16.8 Å². The van der Waals surface area contributed by atoms with Gasteiger partial charge in [-0.3, -0.25) is 5.41 Å². The van der Waals surface area contributed by atoms with E-state index in [1.807, 2.05) is 13.8 Å². The minimum Gasteiger partial charge on any atom is -0.476 e. The van der Waals surface area contributed by atoms with E-state index in [9.17, 15) is 0 Å². The van der Waals surface area contributed by atoms with Gasteiger partial charge in [-0.25, -0.2) is 0 Å². The van der Waals surface area contributed by atoms with Crippen LogP contribution in [0.4, 0.5) is 0 Å². The molecule has 0 spiro atoms. The van der Waals surface area contributed by atoms with E-state index in [0.29, 0.717) is 18.1 Å². The Hall–Kier alpha value is -1.65. The zero-order chi connectivity index (χ0) is 15.0. The first-order valence-corrected chi connectivity index (χ1v) is 7.39. The molecule has 1 aromatic heterocycles. The van der Waals surface area contributed by atoms with Crippen LogP contribution in [0.25, 0.3) is 0 Å². The molecule has 20 heavy (non-hydrogen) atoms. The number of aromatic nitrogens is 2. The van der Waals surface area contributed by atoms with E-state index in [1.165, 1.54) is 25.7 Å². The van der Waals surface area contributed by atoms with Crippen LogP contribution in [0.15, 0.2) is 0 Å². The maximum Gasteiger partial charge on any atom is 0.244 e. The van der Waals surface area contributed by atoms with Gasteiger partial charge in [0.05, 0.1) is 17.9 Å². The quantitative estimate of drug-likeness (QED) is 0.413. The number of hydrogen-bond donors (Lipinski definition) is 2. The van der Waals surface area contributed by atoms with Gasteiger partial charge in [0.1, 0.15) is 5.84 Å². The second-order valence-corrected chi connectivity index (χ2v) is 5.12. The van der Waals surface area contributed by atoms with Crippen LogP contribution in [0.5, 0.6) is 5.88 Å². The fraction of sp³-hybridized carbons (Fsp3) is 0.667. The number of amidine groups is 1. The fourth-order valence-electron chi connectivity index (χ4n) is 2.06. The highest BCUT2D eigenvalue weighted by molar-refractivity contribution is 5.98. The molecule has 0 aliphatic carbocycles. The number of nitrogens with zero attached hydrogens (tertiary/aromatic N) is 2. The molecule has 1 heterocycles. The van der Waals surface area contributed by atoms with Gasteiger partial charge < -0.3 is 10.5 Å². The number of nitrogen functional groups attached to an aromatic ring is 1. The average molecular weight is 278 g/mol. The van der Waals surface area contributed by atoms with Gasteiger partial charge in [0.25, 0.3) is 0 Å². The summed E-state index contributed by atoms with van der Waals surface area (Å²) in [4.78, 5) is 0. The Morgan fingerprint density at radius 2 is 1.75 bits per heavy atom. The normalized spacial score (nSPS) is 10.6. The predicted octanol–water partition coefficient (Wildman–Crippen LogP) is 3.12. The van der Waals surface area contributed by atoms with E-state index in [2.05, 4.69) is 17.1 Å². The summed E-state index contributed by atoms with van der Waals surface area (Å²) in [6, 6.07) is 0. The molecule has 0 aromatic carbocycles. The number of ether oxygens (including phenoxy) is 1. The maximum atomic E-state index is 7.64. The van der Waals surface area contributed by atoms with Gasteiger partial charge in [-0.05, 0) is 25.8 Å². The number of aryl methyl sites for hydroxylation is 1. The van der Waals surface area contributed by atoms with E-state index < -0.39 is 0 Å². The molecule has 5 heteroatoms. The molecule has 5 nitrogen and oxygen atoms in total. The number of nitrogens with one attached hydrogen (secondary N) is 1. The molecule has 1 aromatic rings.